The van der Waals surface area contributed by atoms with Gasteiger partial charge in [0.1, 0.15) is 0 Å². The highest BCUT2D eigenvalue weighted by atomic mass is 32.2. The molecule has 0 aliphatic rings. The number of hydrogen-bond donors (Lipinski definition) is 3. The summed E-state index contributed by atoms with van der Waals surface area (Å²) < 4.78 is 26.8. The molecule has 2 aromatic rings. The number of phenolic OH excluding ortho intramolecular Hbond substituents is 1. The van der Waals surface area contributed by atoms with Gasteiger partial charge in [-0.2, -0.15) is 5.10 Å². The molecule has 9 nitrogen and oxygen atoms in total. The normalized spacial score (nSPS) is 11.3. The average molecular weight is 312 g/mol. The summed E-state index contributed by atoms with van der Waals surface area (Å²) in [6.07, 6.45) is 0. The molecule has 0 bridgehead atoms. The highest BCUT2D eigenvalue weighted by molar-refractivity contribution is 7.92. The van der Waals surface area contributed by atoms with E-state index in [-0.39, 0.29) is 10.6 Å². The van der Waals surface area contributed by atoms with Crippen molar-refractivity contribution in [2.75, 3.05) is 4.72 Å². The summed E-state index contributed by atoms with van der Waals surface area (Å²) in [5.74, 6) is -0.602. The third kappa shape index (κ3) is 2.79. The summed E-state index contributed by atoms with van der Waals surface area (Å²) in [6, 6.07) is 2.83. The van der Waals surface area contributed by atoms with Crippen LogP contribution < -0.4 is 4.72 Å². The molecule has 1 aromatic carbocycles. The molecule has 0 aliphatic heterocycles. The number of sulfonamides is 1. The van der Waals surface area contributed by atoms with Crippen molar-refractivity contribution in [1.29, 1.82) is 0 Å². The molecule has 0 unspecified atom stereocenters. The molecule has 0 radical (unpaired) electrons. The molecule has 0 saturated heterocycles. The highest BCUT2D eigenvalue weighted by Gasteiger charge is 2.23. The van der Waals surface area contributed by atoms with Crippen molar-refractivity contribution >= 4 is 21.4 Å². The van der Waals surface area contributed by atoms with Gasteiger partial charge in [0.25, 0.3) is 10.0 Å². The molecular formula is C11H12N4O5S. The number of aromatic nitrogens is 2. The quantitative estimate of drug-likeness (QED) is 0.576. The molecule has 0 fully saturated rings. The van der Waals surface area contributed by atoms with Crippen molar-refractivity contribution in [3.05, 3.63) is 39.7 Å². The summed E-state index contributed by atoms with van der Waals surface area (Å²) in [5, 5.41) is 26.6. The fourth-order valence-corrected chi connectivity index (χ4v) is 2.91. The van der Waals surface area contributed by atoms with E-state index in [9.17, 15) is 23.6 Å². The second kappa shape index (κ2) is 5.05. The molecular weight excluding hydrogens is 300 g/mol. The van der Waals surface area contributed by atoms with Crippen LogP contribution in [0.1, 0.15) is 11.4 Å². The van der Waals surface area contributed by atoms with Gasteiger partial charge in [-0.05, 0) is 26.0 Å². The summed E-state index contributed by atoms with van der Waals surface area (Å²) in [5.41, 5.74) is 0.568. The number of anilines is 1. The standard InChI is InChI=1S/C11H12N4O5S/c1-6-11(7(2)13-12-6)14-21(19,20)8-3-4-10(16)9(5-8)15(17)18/h3-5,14,16H,1-2H3,(H,12,13). The number of aromatic hydroxyl groups is 1. The van der Waals surface area contributed by atoms with Gasteiger partial charge in [0, 0.05) is 6.07 Å². The Morgan fingerprint density at radius 2 is 2.05 bits per heavy atom. The third-order valence-corrected chi connectivity index (χ3v) is 4.17. The van der Waals surface area contributed by atoms with Crippen molar-refractivity contribution in [3.63, 3.8) is 0 Å². The van der Waals surface area contributed by atoms with E-state index in [0.29, 0.717) is 11.4 Å². The Bertz CT molecular complexity index is 793. The minimum atomic E-state index is -4.03. The number of nitrogens with one attached hydrogen (secondary N) is 2. The van der Waals surface area contributed by atoms with Gasteiger partial charge in [0.05, 0.1) is 26.9 Å². The lowest BCUT2D eigenvalue weighted by atomic mass is 10.3. The average Bonchev–Trinajstić information content (AvgIpc) is 2.70. The number of rotatable bonds is 4. The highest BCUT2D eigenvalue weighted by Crippen LogP contribution is 2.29. The molecule has 1 aromatic heterocycles. The minimum Gasteiger partial charge on any atom is -0.502 e. The number of nitrogens with zero attached hydrogens (tertiary/aromatic N) is 2. The van der Waals surface area contributed by atoms with Crippen LogP contribution in [0.2, 0.25) is 0 Å². The van der Waals surface area contributed by atoms with Gasteiger partial charge < -0.3 is 5.11 Å². The zero-order valence-electron chi connectivity index (χ0n) is 11.1. The zero-order chi connectivity index (χ0) is 15.8. The Balaban J connectivity index is 2.45. The molecule has 112 valence electrons. The smallest absolute Gasteiger partial charge is 0.312 e. The molecule has 0 saturated carbocycles. The van der Waals surface area contributed by atoms with E-state index < -0.39 is 26.4 Å². The molecule has 21 heavy (non-hydrogen) atoms. The number of benzene rings is 1. The summed E-state index contributed by atoms with van der Waals surface area (Å²) in [6.45, 7) is 3.25. The number of nitro groups is 1. The van der Waals surface area contributed by atoms with Gasteiger partial charge in [-0.3, -0.25) is 19.9 Å². The molecule has 3 N–H and O–H groups in total. The number of phenols is 1. The van der Waals surface area contributed by atoms with Crippen LogP contribution in [0.5, 0.6) is 5.75 Å². The first-order valence-electron chi connectivity index (χ1n) is 5.74. The lowest BCUT2D eigenvalue weighted by Gasteiger charge is -2.08. The zero-order valence-corrected chi connectivity index (χ0v) is 11.9. The Morgan fingerprint density at radius 1 is 1.38 bits per heavy atom. The Labute approximate surface area is 119 Å². The number of aromatic amines is 1. The lowest BCUT2D eigenvalue weighted by Crippen LogP contribution is -2.14. The van der Waals surface area contributed by atoms with Gasteiger partial charge in [-0.1, -0.05) is 0 Å². The summed E-state index contributed by atoms with van der Waals surface area (Å²) in [7, 11) is -4.03. The van der Waals surface area contributed by atoms with Crippen LogP contribution in [-0.4, -0.2) is 28.6 Å². The topological polar surface area (TPSA) is 138 Å². The maximum absolute atomic E-state index is 12.2. The van der Waals surface area contributed by atoms with Crippen LogP contribution in [0.15, 0.2) is 23.1 Å². The van der Waals surface area contributed by atoms with Gasteiger partial charge in [0.15, 0.2) is 5.75 Å². The van der Waals surface area contributed by atoms with Crippen LogP contribution in [-0.2, 0) is 10.0 Å². The number of H-pyrrole nitrogens is 1. The van der Waals surface area contributed by atoms with E-state index in [1.807, 2.05) is 0 Å². The fraction of sp³-hybridized carbons (Fsp3) is 0.182. The van der Waals surface area contributed by atoms with E-state index in [4.69, 9.17) is 0 Å². The van der Waals surface area contributed by atoms with E-state index in [1.165, 1.54) is 0 Å². The molecule has 10 heteroatoms. The minimum absolute atomic E-state index is 0.283. The molecule has 0 aliphatic carbocycles. The van der Waals surface area contributed by atoms with Crippen LogP contribution in [0.25, 0.3) is 0 Å². The van der Waals surface area contributed by atoms with Crippen molar-refractivity contribution in [3.8, 4) is 5.75 Å². The molecule has 0 spiro atoms. The third-order valence-electron chi connectivity index (χ3n) is 2.82. The first-order chi connectivity index (χ1) is 9.72. The second-order valence-electron chi connectivity index (χ2n) is 4.32. The second-order valence-corrected chi connectivity index (χ2v) is 6.00. The molecule has 0 atom stereocenters. The van der Waals surface area contributed by atoms with Crippen molar-refractivity contribution in [1.82, 2.24) is 10.2 Å². The Morgan fingerprint density at radius 3 is 2.57 bits per heavy atom. The maximum Gasteiger partial charge on any atom is 0.312 e. The Kier molecular flexibility index (Phi) is 3.56. The lowest BCUT2D eigenvalue weighted by molar-refractivity contribution is -0.386. The van der Waals surface area contributed by atoms with Crippen LogP contribution in [0.3, 0.4) is 0 Å². The van der Waals surface area contributed by atoms with Gasteiger partial charge in [0.2, 0.25) is 0 Å². The van der Waals surface area contributed by atoms with Crippen molar-refractivity contribution in [2.24, 2.45) is 0 Å². The fourth-order valence-electron chi connectivity index (χ4n) is 1.71. The predicted molar refractivity (Wildman–Crippen MR) is 73.6 cm³/mol. The van der Waals surface area contributed by atoms with E-state index in [2.05, 4.69) is 14.9 Å². The van der Waals surface area contributed by atoms with Crippen molar-refractivity contribution < 1.29 is 18.4 Å². The van der Waals surface area contributed by atoms with Crippen LogP contribution >= 0.6 is 0 Å². The Hall–Kier alpha value is -2.62. The first-order valence-corrected chi connectivity index (χ1v) is 7.22. The number of aryl methyl sites for hydroxylation is 2. The van der Waals surface area contributed by atoms with Gasteiger partial charge in [-0.15, -0.1) is 0 Å². The summed E-state index contributed by atoms with van der Waals surface area (Å²) >= 11 is 0. The summed E-state index contributed by atoms with van der Waals surface area (Å²) in [4.78, 5) is 9.56. The molecule has 1 heterocycles. The number of hydrogen-bond acceptors (Lipinski definition) is 6. The monoisotopic (exact) mass is 312 g/mol. The van der Waals surface area contributed by atoms with Crippen molar-refractivity contribution in [2.45, 2.75) is 18.7 Å². The maximum atomic E-state index is 12.2. The van der Waals surface area contributed by atoms with Gasteiger partial charge >= 0.3 is 5.69 Å². The largest absolute Gasteiger partial charge is 0.502 e. The van der Waals surface area contributed by atoms with E-state index >= 15 is 0 Å². The number of nitro benzene ring substituents is 1. The first kappa shape index (κ1) is 14.8. The van der Waals surface area contributed by atoms with Gasteiger partial charge in [-0.25, -0.2) is 8.42 Å². The molecule has 2 rings (SSSR count). The van der Waals surface area contributed by atoms with Crippen LogP contribution in [0.4, 0.5) is 11.4 Å². The van der Waals surface area contributed by atoms with E-state index in [0.717, 1.165) is 18.2 Å². The predicted octanol–water partition coefficient (Wildman–Crippen LogP) is 1.44. The SMILES string of the molecule is Cc1n[nH]c(C)c1NS(=O)(=O)c1ccc(O)c([N+](=O)[O-])c1. The molecule has 0 amide bonds. The van der Waals surface area contributed by atoms with E-state index in [1.54, 1.807) is 13.8 Å². The van der Waals surface area contributed by atoms with Crippen LogP contribution in [0, 0.1) is 24.0 Å².